The molecule has 0 rings (SSSR count). The molecule has 0 saturated heterocycles. The van der Waals surface area contributed by atoms with Gasteiger partial charge in [0.05, 0.1) is 12.6 Å². The van der Waals surface area contributed by atoms with E-state index in [1.165, 1.54) is 18.5 Å². The summed E-state index contributed by atoms with van der Waals surface area (Å²) in [6.07, 6.45) is 11.2. The predicted molar refractivity (Wildman–Crippen MR) is 77.0 cm³/mol. The third-order valence-electron chi connectivity index (χ3n) is 2.58. The zero-order valence-corrected chi connectivity index (χ0v) is 12.3. The van der Waals surface area contributed by atoms with Crippen LogP contribution in [0.5, 0.6) is 0 Å². The lowest BCUT2D eigenvalue weighted by molar-refractivity contribution is 0.499. The quantitative estimate of drug-likeness (QED) is 0.586. The van der Waals surface area contributed by atoms with Gasteiger partial charge in [0, 0.05) is 0 Å². The first-order chi connectivity index (χ1) is 6.29. The van der Waals surface area contributed by atoms with E-state index >= 15 is 0 Å². The number of hydrogen-bond acceptors (Lipinski definition) is 0. The van der Waals surface area contributed by atoms with E-state index in [1.807, 2.05) is 0 Å². The molecule has 2 atom stereocenters. The van der Waals surface area contributed by atoms with Gasteiger partial charge >= 0.3 is 0 Å². The van der Waals surface area contributed by atoms with Crippen LogP contribution in [0, 0.1) is 5.92 Å². The van der Waals surface area contributed by atoms with Crippen molar-refractivity contribution in [3.8, 4) is 0 Å². The lowest BCUT2D eigenvalue weighted by Crippen LogP contribution is -2.18. The first kappa shape index (κ1) is 14.3. The molecule has 0 bridgehead atoms. The zero-order chi connectivity index (χ0) is 11.4. The summed E-state index contributed by atoms with van der Waals surface area (Å²) in [6.45, 7) is 11.6. The Kier molecular flexibility index (Phi) is 6.19. The van der Waals surface area contributed by atoms with E-state index in [1.54, 1.807) is 0 Å². The first-order valence-electron chi connectivity index (χ1n) is 5.43. The Balaban J connectivity index is 4.28. The van der Waals surface area contributed by atoms with E-state index < -0.39 is 0 Å². The van der Waals surface area contributed by atoms with E-state index in [0.717, 1.165) is 5.92 Å². The van der Waals surface area contributed by atoms with E-state index in [-0.39, 0.29) is 15.1 Å². The van der Waals surface area contributed by atoms with Gasteiger partial charge in [-0.15, -0.1) is 0 Å². The Labute approximate surface area is 92.3 Å². The van der Waals surface area contributed by atoms with Gasteiger partial charge in [0.25, 0.3) is 5.90 Å². The van der Waals surface area contributed by atoms with E-state index in [4.69, 9.17) is 0 Å². The molecular formula is C12H26P2+2. The molecule has 0 nitrogen and oxygen atoms in total. The molecule has 2 heteroatoms. The largest absolute Gasteiger partial charge is 0.252 e. The van der Waals surface area contributed by atoms with Crippen LogP contribution in [-0.4, -0.2) is 29.8 Å². The highest BCUT2D eigenvalue weighted by atomic mass is 31.2. The second kappa shape index (κ2) is 6.04. The molecular weight excluding hydrogens is 206 g/mol. The fourth-order valence-electron chi connectivity index (χ4n) is 1.66. The Morgan fingerprint density at radius 3 is 2.07 bits per heavy atom. The fourth-order valence-corrected chi connectivity index (χ4v) is 6.55. The summed E-state index contributed by atoms with van der Waals surface area (Å²) in [6, 6.07) is 0. The lowest BCUT2D eigenvalue weighted by atomic mass is 10.00. The van der Waals surface area contributed by atoms with Crippen molar-refractivity contribution in [2.24, 2.45) is 5.92 Å². The maximum Gasteiger partial charge on any atom is 0.252 e. The van der Waals surface area contributed by atoms with Gasteiger partial charge in [-0.2, -0.15) is 0 Å². The molecule has 0 aliphatic heterocycles. The van der Waals surface area contributed by atoms with Gasteiger partial charge in [-0.3, -0.25) is 0 Å². The molecule has 0 saturated carbocycles. The Bertz CT molecular complexity index is 214. The molecule has 0 spiro atoms. The summed E-state index contributed by atoms with van der Waals surface area (Å²) in [5, 5.41) is 0.441. The van der Waals surface area contributed by atoms with Crippen molar-refractivity contribution in [3.05, 3.63) is 0 Å². The van der Waals surface area contributed by atoms with Crippen LogP contribution in [-0.2, 0) is 0 Å². The minimum atomic E-state index is -0.0853. The van der Waals surface area contributed by atoms with Crippen molar-refractivity contribution in [1.82, 2.24) is 0 Å². The third kappa shape index (κ3) is 5.28. The molecule has 14 heavy (non-hydrogen) atoms. The highest BCUT2D eigenvalue weighted by Gasteiger charge is 2.35. The van der Waals surface area contributed by atoms with Crippen LogP contribution in [0.15, 0.2) is 0 Å². The van der Waals surface area contributed by atoms with Crippen molar-refractivity contribution in [3.63, 3.8) is 0 Å². The standard InChI is InChI=1S/C12H26P2/c1-8-13(6)10-14(7)12(4,5)9-11(2)3/h11H,6-10H2,1-5H3/q+2. The van der Waals surface area contributed by atoms with Crippen molar-refractivity contribution in [2.45, 2.75) is 46.2 Å². The maximum absolute atomic E-state index is 4.39. The second-order valence-electron chi connectivity index (χ2n) is 5.08. The summed E-state index contributed by atoms with van der Waals surface area (Å²) >= 11 is 0. The molecule has 82 valence electrons. The van der Waals surface area contributed by atoms with Crippen molar-refractivity contribution in [2.75, 3.05) is 12.1 Å². The molecule has 0 amide bonds. The van der Waals surface area contributed by atoms with Gasteiger partial charge in [-0.25, -0.2) is 0 Å². The summed E-state index contributed by atoms with van der Waals surface area (Å²) in [5.41, 5.74) is 0. The van der Waals surface area contributed by atoms with Gasteiger partial charge in [0.15, 0.2) is 0 Å². The van der Waals surface area contributed by atoms with Gasteiger partial charge in [0.1, 0.15) is 26.4 Å². The molecule has 0 N–H and O–H groups in total. The molecule has 0 fully saturated rings. The lowest BCUT2D eigenvalue weighted by Gasteiger charge is -2.18. The van der Waals surface area contributed by atoms with Crippen LogP contribution >= 0.6 is 15.1 Å². The Hall–Kier alpha value is 0.340. The molecule has 0 aliphatic rings. The first-order valence-corrected chi connectivity index (χ1v) is 9.04. The molecule has 0 aromatic carbocycles. The summed E-state index contributed by atoms with van der Waals surface area (Å²) in [5.74, 6) is 2.08. The smallest absolute Gasteiger partial charge is 0.0626 e. The SMILES string of the molecule is C=[P+](CC)C[P+](=C)C(C)(C)CC(C)C. The fraction of sp³-hybridized carbons (Fsp3) is 0.833. The van der Waals surface area contributed by atoms with Crippen LogP contribution in [0.3, 0.4) is 0 Å². The Morgan fingerprint density at radius 2 is 1.71 bits per heavy atom. The third-order valence-corrected chi connectivity index (χ3v) is 8.34. The zero-order valence-electron chi connectivity index (χ0n) is 10.5. The summed E-state index contributed by atoms with van der Waals surface area (Å²) in [7, 11) is -0.0760. The number of rotatable bonds is 6. The molecule has 0 radical (unpaired) electrons. The minimum Gasteiger partial charge on any atom is -0.0626 e. The topological polar surface area (TPSA) is 0 Å². The molecule has 0 heterocycles. The van der Waals surface area contributed by atoms with Crippen molar-refractivity contribution in [1.29, 1.82) is 0 Å². The highest BCUT2D eigenvalue weighted by molar-refractivity contribution is 7.73. The minimum absolute atomic E-state index is 0.00928. The average Bonchev–Trinajstić information content (AvgIpc) is 2.01. The van der Waals surface area contributed by atoms with Crippen LogP contribution in [0.2, 0.25) is 0 Å². The summed E-state index contributed by atoms with van der Waals surface area (Å²) in [4.78, 5) is 0. The molecule has 2 unspecified atom stereocenters. The van der Waals surface area contributed by atoms with E-state index in [9.17, 15) is 0 Å². The average molecular weight is 232 g/mol. The normalized spacial score (nSPS) is 14.4. The van der Waals surface area contributed by atoms with Gasteiger partial charge in [0.2, 0.25) is 0 Å². The van der Waals surface area contributed by atoms with Crippen LogP contribution < -0.4 is 0 Å². The predicted octanol–water partition coefficient (Wildman–Crippen LogP) is 4.62. The monoisotopic (exact) mass is 232 g/mol. The highest BCUT2D eigenvalue weighted by Crippen LogP contribution is 2.47. The van der Waals surface area contributed by atoms with E-state index in [2.05, 4.69) is 47.2 Å². The van der Waals surface area contributed by atoms with Crippen molar-refractivity contribution >= 4 is 27.7 Å². The molecule has 0 aromatic heterocycles. The molecule has 0 aromatic rings. The second-order valence-corrected chi connectivity index (χ2v) is 10.5. The van der Waals surface area contributed by atoms with Crippen LogP contribution in [0.1, 0.15) is 41.0 Å². The van der Waals surface area contributed by atoms with Gasteiger partial charge < -0.3 is 0 Å². The van der Waals surface area contributed by atoms with Gasteiger partial charge in [-0.05, 0) is 33.1 Å². The van der Waals surface area contributed by atoms with E-state index in [0.29, 0.717) is 5.16 Å². The van der Waals surface area contributed by atoms with Crippen LogP contribution in [0.25, 0.3) is 0 Å². The Morgan fingerprint density at radius 1 is 1.21 bits per heavy atom. The van der Waals surface area contributed by atoms with Gasteiger partial charge in [-0.1, -0.05) is 13.8 Å². The van der Waals surface area contributed by atoms with Crippen molar-refractivity contribution < 1.29 is 0 Å². The maximum atomic E-state index is 4.39. The molecule has 0 aliphatic carbocycles. The number of hydrogen-bond donors (Lipinski definition) is 0. The van der Waals surface area contributed by atoms with Crippen LogP contribution in [0.4, 0.5) is 0 Å². The summed E-state index contributed by atoms with van der Waals surface area (Å²) < 4.78 is 0.